The van der Waals surface area contributed by atoms with E-state index in [0.29, 0.717) is 0 Å². The topological polar surface area (TPSA) is 26.0 Å². The zero-order valence-corrected chi connectivity index (χ0v) is 13.9. The average molecular weight is 290 g/mol. The van der Waals surface area contributed by atoms with Crippen LogP contribution < -0.4 is 5.73 Å². The number of hydrogen-bond acceptors (Lipinski definition) is 1. The zero-order chi connectivity index (χ0) is 14.3. The first-order valence-electron chi connectivity index (χ1n) is 10.0. The van der Waals surface area contributed by atoms with Gasteiger partial charge < -0.3 is 5.73 Å². The molecule has 1 heteroatoms. The summed E-state index contributed by atoms with van der Waals surface area (Å²) in [5.41, 5.74) is 7.36. The molecule has 5 atom stereocenters. The van der Waals surface area contributed by atoms with E-state index in [4.69, 9.17) is 5.73 Å². The quantitative estimate of drug-likeness (QED) is 0.751. The molecule has 0 spiro atoms. The lowest BCUT2D eigenvalue weighted by atomic mass is 9.61. The largest absolute Gasteiger partial charge is 0.325 e. The van der Waals surface area contributed by atoms with Crippen LogP contribution in [0.3, 0.4) is 0 Å². The Morgan fingerprint density at radius 3 is 2.29 bits per heavy atom. The highest BCUT2D eigenvalue weighted by Crippen LogP contribution is 2.53. The Balaban J connectivity index is 1.46. The van der Waals surface area contributed by atoms with E-state index in [1.54, 1.807) is 6.42 Å². The number of rotatable bonds is 3. The molecule has 4 saturated carbocycles. The van der Waals surface area contributed by atoms with Crippen LogP contribution in [-0.2, 0) is 0 Å². The third-order valence-corrected chi connectivity index (χ3v) is 7.89. The Morgan fingerprint density at radius 2 is 1.57 bits per heavy atom. The van der Waals surface area contributed by atoms with Gasteiger partial charge in [-0.05, 0) is 68.1 Å². The molecule has 0 aromatic heterocycles. The highest BCUT2D eigenvalue weighted by molar-refractivity contribution is 5.02. The molecule has 0 amide bonds. The fourth-order valence-electron chi connectivity index (χ4n) is 6.90. The molecule has 0 saturated heterocycles. The Hall–Kier alpha value is -0.0400. The molecule has 0 aliphatic heterocycles. The fraction of sp³-hybridized carbons (Fsp3) is 1.00. The molecule has 4 aliphatic carbocycles. The van der Waals surface area contributed by atoms with Gasteiger partial charge in [-0.2, -0.15) is 0 Å². The maximum atomic E-state index is 7.15. The van der Waals surface area contributed by atoms with E-state index >= 15 is 0 Å². The smallest absolute Gasteiger partial charge is 0.0188 e. The van der Waals surface area contributed by atoms with Crippen LogP contribution in [0.15, 0.2) is 0 Å². The van der Waals surface area contributed by atoms with Crippen LogP contribution >= 0.6 is 0 Å². The van der Waals surface area contributed by atoms with Gasteiger partial charge in [-0.15, -0.1) is 0 Å². The molecule has 2 bridgehead atoms. The molecule has 5 unspecified atom stereocenters. The van der Waals surface area contributed by atoms with Gasteiger partial charge in [0.05, 0.1) is 0 Å². The molecule has 1 nitrogen and oxygen atoms in total. The van der Waals surface area contributed by atoms with E-state index in [9.17, 15) is 0 Å². The molecule has 0 aromatic rings. The molecule has 4 aliphatic rings. The second-order valence-electron chi connectivity index (χ2n) is 9.12. The van der Waals surface area contributed by atoms with Crippen LogP contribution in [0.4, 0.5) is 0 Å². The standard InChI is InChI=1S/C20H35N/c21-20(14-18-13-15-9-10-17(18)12-15)11-5-4-8-19(20)16-6-2-1-3-7-16/h15-19H,1-14,21H2. The normalized spacial score (nSPS) is 47.9. The monoisotopic (exact) mass is 289 g/mol. The van der Waals surface area contributed by atoms with Gasteiger partial charge in [-0.1, -0.05) is 51.4 Å². The number of fused-ring (bicyclic) bond motifs is 2. The SMILES string of the molecule is NC1(CC2CC3CCC2C3)CCCCC1C1CCCCC1. The molecular formula is C20H35N. The van der Waals surface area contributed by atoms with Crippen molar-refractivity contribution in [1.82, 2.24) is 0 Å². The first-order valence-corrected chi connectivity index (χ1v) is 10.0. The summed E-state index contributed by atoms with van der Waals surface area (Å²) in [5, 5.41) is 0. The molecule has 4 fully saturated rings. The summed E-state index contributed by atoms with van der Waals surface area (Å²) in [5.74, 6) is 4.98. The minimum absolute atomic E-state index is 0.218. The van der Waals surface area contributed by atoms with Gasteiger partial charge in [0, 0.05) is 5.54 Å². The maximum absolute atomic E-state index is 7.15. The molecule has 0 aromatic carbocycles. The molecule has 21 heavy (non-hydrogen) atoms. The number of hydrogen-bond donors (Lipinski definition) is 1. The average Bonchev–Trinajstić information content (AvgIpc) is 3.11. The summed E-state index contributed by atoms with van der Waals surface area (Å²) in [7, 11) is 0. The Kier molecular flexibility index (Phi) is 4.07. The summed E-state index contributed by atoms with van der Waals surface area (Å²) in [4.78, 5) is 0. The highest BCUT2D eigenvalue weighted by atomic mass is 14.8. The van der Waals surface area contributed by atoms with Crippen LogP contribution in [0.1, 0.15) is 89.9 Å². The second kappa shape index (κ2) is 5.87. The van der Waals surface area contributed by atoms with Gasteiger partial charge >= 0.3 is 0 Å². The van der Waals surface area contributed by atoms with Gasteiger partial charge in [0.25, 0.3) is 0 Å². The lowest BCUT2D eigenvalue weighted by Crippen LogP contribution is -2.53. The first-order chi connectivity index (χ1) is 10.2. The van der Waals surface area contributed by atoms with Crippen molar-refractivity contribution in [3.63, 3.8) is 0 Å². The predicted octanol–water partition coefficient (Wildman–Crippen LogP) is 5.28. The molecule has 4 rings (SSSR count). The molecule has 2 N–H and O–H groups in total. The Labute approximate surface area is 131 Å². The lowest BCUT2D eigenvalue weighted by Gasteiger charge is -2.48. The summed E-state index contributed by atoms with van der Waals surface area (Å²) >= 11 is 0. The van der Waals surface area contributed by atoms with E-state index < -0.39 is 0 Å². The van der Waals surface area contributed by atoms with Crippen LogP contribution in [0.25, 0.3) is 0 Å². The van der Waals surface area contributed by atoms with Crippen LogP contribution in [0.5, 0.6) is 0 Å². The summed E-state index contributed by atoms with van der Waals surface area (Å²) in [6, 6.07) is 0. The van der Waals surface area contributed by atoms with Crippen molar-refractivity contribution in [2.45, 2.75) is 95.4 Å². The lowest BCUT2D eigenvalue weighted by molar-refractivity contribution is 0.0705. The van der Waals surface area contributed by atoms with Gasteiger partial charge in [0.15, 0.2) is 0 Å². The molecule has 120 valence electrons. The second-order valence-corrected chi connectivity index (χ2v) is 9.12. The van der Waals surface area contributed by atoms with Crippen molar-refractivity contribution in [2.75, 3.05) is 0 Å². The minimum Gasteiger partial charge on any atom is -0.325 e. The summed E-state index contributed by atoms with van der Waals surface area (Å²) in [6.07, 6.45) is 20.6. The molecular weight excluding hydrogens is 254 g/mol. The van der Waals surface area contributed by atoms with E-state index in [-0.39, 0.29) is 5.54 Å². The van der Waals surface area contributed by atoms with Crippen molar-refractivity contribution in [3.05, 3.63) is 0 Å². The fourth-order valence-corrected chi connectivity index (χ4v) is 6.90. The Bertz CT molecular complexity index is 359. The van der Waals surface area contributed by atoms with E-state index in [0.717, 1.165) is 29.6 Å². The van der Waals surface area contributed by atoms with Crippen molar-refractivity contribution >= 4 is 0 Å². The molecule has 0 heterocycles. The van der Waals surface area contributed by atoms with E-state index in [1.165, 1.54) is 83.5 Å². The van der Waals surface area contributed by atoms with E-state index in [2.05, 4.69) is 0 Å². The highest BCUT2D eigenvalue weighted by Gasteiger charge is 2.47. The third-order valence-electron chi connectivity index (χ3n) is 7.89. The Morgan fingerprint density at radius 1 is 0.762 bits per heavy atom. The van der Waals surface area contributed by atoms with Gasteiger partial charge in [-0.3, -0.25) is 0 Å². The van der Waals surface area contributed by atoms with Crippen LogP contribution in [0.2, 0.25) is 0 Å². The van der Waals surface area contributed by atoms with Crippen molar-refractivity contribution in [3.8, 4) is 0 Å². The summed E-state index contributed by atoms with van der Waals surface area (Å²) < 4.78 is 0. The van der Waals surface area contributed by atoms with Crippen molar-refractivity contribution in [2.24, 2.45) is 35.3 Å². The molecule has 0 radical (unpaired) electrons. The summed E-state index contributed by atoms with van der Waals surface area (Å²) in [6.45, 7) is 0. The van der Waals surface area contributed by atoms with Gasteiger partial charge in [0.2, 0.25) is 0 Å². The first kappa shape index (κ1) is 14.5. The zero-order valence-electron chi connectivity index (χ0n) is 13.9. The van der Waals surface area contributed by atoms with Gasteiger partial charge in [-0.25, -0.2) is 0 Å². The third kappa shape index (κ3) is 2.80. The van der Waals surface area contributed by atoms with E-state index in [1.807, 2.05) is 0 Å². The van der Waals surface area contributed by atoms with Gasteiger partial charge in [0.1, 0.15) is 0 Å². The van der Waals surface area contributed by atoms with Crippen molar-refractivity contribution in [1.29, 1.82) is 0 Å². The predicted molar refractivity (Wildman–Crippen MR) is 89.0 cm³/mol. The maximum Gasteiger partial charge on any atom is 0.0188 e. The van der Waals surface area contributed by atoms with Crippen molar-refractivity contribution < 1.29 is 0 Å². The van der Waals surface area contributed by atoms with Crippen LogP contribution in [0, 0.1) is 29.6 Å². The minimum atomic E-state index is 0.218. The van der Waals surface area contributed by atoms with Crippen LogP contribution in [-0.4, -0.2) is 5.54 Å². The number of nitrogens with two attached hydrogens (primary N) is 1.